The number of halogens is 2. The van der Waals surface area contributed by atoms with Gasteiger partial charge in [0.2, 0.25) is 0 Å². The first-order valence-electron chi connectivity index (χ1n) is 6.61. The van der Waals surface area contributed by atoms with E-state index in [1.54, 1.807) is 0 Å². The second-order valence-corrected chi connectivity index (χ2v) is 12.2. The lowest BCUT2D eigenvalue weighted by Gasteiger charge is -2.06. The van der Waals surface area contributed by atoms with Gasteiger partial charge in [0.1, 0.15) is 0 Å². The zero-order valence-corrected chi connectivity index (χ0v) is 17.8. The Labute approximate surface area is 174 Å². The summed E-state index contributed by atoms with van der Waals surface area (Å²) >= 11 is 0. The Kier molecular flexibility index (Phi) is 6.83. The molecule has 0 amide bonds. The number of nitrogens with zero attached hydrogens (tertiary/aromatic N) is 2. The third kappa shape index (κ3) is 5.48. The standard InChI is InChI=1S/C12H6Cl2N2O8S4/c13-27(21,22)7-1-3-11(9(5-7)15(17)18)25-26-12-4-2-8(28(14,23)24)6-10(12)16(19)20/h1-6H. The predicted molar refractivity (Wildman–Crippen MR) is 104 cm³/mol. The van der Waals surface area contributed by atoms with E-state index < -0.39 is 49.1 Å². The van der Waals surface area contributed by atoms with Gasteiger partial charge in [-0.2, -0.15) is 0 Å². The molecule has 0 saturated heterocycles. The Bertz CT molecular complexity index is 1090. The highest BCUT2D eigenvalue weighted by Crippen LogP contribution is 2.45. The van der Waals surface area contributed by atoms with Crippen LogP contribution in [0.1, 0.15) is 0 Å². The highest BCUT2D eigenvalue weighted by Gasteiger charge is 2.24. The number of rotatable bonds is 7. The van der Waals surface area contributed by atoms with Crippen molar-refractivity contribution in [1.82, 2.24) is 0 Å². The van der Waals surface area contributed by atoms with Gasteiger partial charge in [-0.05, 0) is 45.9 Å². The minimum Gasteiger partial charge on any atom is -0.258 e. The Morgan fingerprint density at radius 3 is 1.29 bits per heavy atom. The van der Waals surface area contributed by atoms with Gasteiger partial charge in [-0.25, -0.2) is 16.8 Å². The average Bonchev–Trinajstić information content (AvgIpc) is 2.57. The van der Waals surface area contributed by atoms with Gasteiger partial charge in [0, 0.05) is 33.5 Å². The number of nitro benzene ring substituents is 2. The largest absolute Gasteiger partial charge is 0.285 e. The van der Waals surface area contributed by atoms with Crippen LogP contribution in [0.5, 0.6) is 0 Å². The van der Waals surface area contributed by atoms with Gasteiger partial charge >= 0.3 is 0 Å². The first-order valence-corrected chi connectivity index (χ1v) is 13.4. The van der Waals surface area contributed by atoms with Crippen LogP contribution in [0, 0.1) is 20.2 Å². The molecule has 0 aliphatic heterocycles. The van der Waals surface area contributed by atoms with Gasteiger partial charge in [0.05, 0.1) is 29.4 Å². The SMILES string of the molecule is O=[N+]([O-])c1cc(S(=O)(=O)Cl)ccc1SSc1ccc(S(=O)(=O)Cl)cc1[N+](=O)[O-]. The predicted octanol–water partition coefficient (Wildman–Crippen LogP) is 4.16. The molecule has 2 aromatic rings. The lowest BCUT2D eigenvalue weighted by molar-refractivity contribution is -0.388. The summed E-state index contributed by atoms with van der Waals surface area (Å²) in [5, 5.41) is 22.4. The van der Waals surface area contributed by atoms with Gasteiger partial charge < -0.3 is 0 Å². The molecule has 0 N–H and O–H groups in total. The molecule has 0 fully saturated rings. The molecule has 28 heavy (non-hydrogen) atoms. The van der Waals surface area contributed by atoms with Crippen molar-refractivity contribution in [2.24, 2.45) is 0 Å². The first-order chi connectivity index (χ1) is 12.8. The van der Waals surface area contributed by atoms with E-state index in [1.165, 1.54) is 0 Å². The molecular weight excluding hydrogens is 499 g/mol. The van der Waals surface area contributed by atoms with Gasteiger partial charge in [-0.3, -0.25) is 20.2 Å². The first kappa shape index (κ1) is 22.7. The molecule has 0 aliphatic rings. The number of hydrogen-bond donors (Lipinski definition) is 0. The summed E-state index contributed by atoms with van der Waals surface area (Å²) in [6, 6.07) is 5.90. The third-order valence-corrected chi connectivity index (χ3v) is 8.20. The number of nitro groups is 2. The third-order valence-electron chi connectivity index (χ3n) is 3.04. The average molecular weight is 505 g/mol. The van der Waals surface area contributed by atoms with Crippen LogP contribution in [0.2, 0.25) is 0 Å². The van der Waals surface area contributed by atoms with Crippen molar-refractivity contribution < 1.29 is 26.7 Å². The van der Waals surface area contributed by atoms with Crippen molar-refractivity contribution in [2.75, 3.05) is 0 Å². The summed E-state index contributed by atoms with van der Waals surface area (Å²) in [6.07, 6.45) is 0. The fourth-order valence-electron chi connectivity index (χ4n) is 1.81. The van der Waals surface area contributed by atoms with Gasteiger partial charge in [-0.1, -0.05) is 0 Å². The van der Waals surface area contributed by atoms with E-state index in [0.717, 1.165) is 58.0 Å². The molecule has 0 radical (unpaired) electrons. The van der Waals surface area contributed by atoms with E-state index in [2.05, 4.69) is 0 Å². The van der Waals surface area contributed by atoms with Crippen LogP contribution in [0.25, 0.3) is 0 Å². The summed E-state index contributed by atoms with van der Waals surface area (Å²) < 4.78 is 45.3. The summed E-state index contributed by atoms with van der Waals surface area (Å²) in [5.41, 5.74) is -1.14. The van der Waals surface area contributed by atoms with Crippen molar-refractivity contribution in [1.29, 1.82) is 0 Å². The minimum absolute atomic E-state index is 0.00223. The summed E-state index contributed by atoms with van der Waals surface area (Å²) in [7, 11) is 3.45. The van der Waals surface area contributed by atoms with Crippen molar-refractivity contribution in [3.05, 3.63) is 56.6 Å². The van der Waals surface area contributed by atoms with Crippen molar-refractivity contribution in [2.45, 2.75) is 19.6 Å². The fourth-order valence-corrected chi connectivity index (χ4v) is 5.60. The van der Waals surface area contributed by atoms with Crippen molar-refractivity contribution in [3.8, 4) is 0 Å². The smallest absolute Gasteiger partial charge is 0.258 e. The maximum atomic E-state index is 11.3. The van der Waals surface area contributed by atoms with Crippen LogP contribution >= 0.6 is 43.0 Å². The Morgan fingerprint density at radius 1 is 0.714 bits per heavy atom. The molecule has 0 saturated carbocycles. The molecular formula is C12H6Cl2N2O8S4. The molecule has 0 aliphatic carbocycles. The Hall–Kier alpha value is -1.58. The fraction of sp³-hybridized carbons (Fsp3) is 0. The second kappa shape index (κ2) is 8.42. The lowest BCUT2D eigenvalue weighted by Crippen LogP contribution is -1.96. The molecule has 0 bridgehead atoms. The molecule has 2 rings (SSSR count). The van der Waals surface area contributed by atoms with Crippen LogP contribution in [0.15, 0.2) is 56.0 Å². The normalized spacial score (nSPS) is 11.9. The topological polar surface area (TPSA) is 155 Å². The van der Waals surface area contributed by atoms with E-state index >= 15 is 0 Å². The highest BCUT2D eigenvalue weighted by molar-refractivity contribution is 8.76. The summed E-state index contributed by atoms with van der Waals surface area (Å²) in [6.45, 7) is 0. The zero-order valence-electron chi connectivity index (χ0n) is 13.0. The monoisotopic (exact) mass is 504 g/mol. The van der Waals surface area contributed by atoms with Gasteiger partial charge in [0.15, 0.2) is 0 Å². The molecule has 0 heterocycles. The summed E-state index contributed by atoms with van der Waals surface area (Å²) in [4.78, 5) is 19.8. The number of benzene rings is 2. The molecule has 16 heteroatoms. The van der Waals surface area contributed by atoms with E-state index in [4.69, 9.17) is 21.4 Å². The lowest BCUT2D eigenvalue weighted by atomic mass is 10.3. The molecule has 10 nitrogen and oxygen atoms in total. The minimum atomic E-state index is -4.19. The molecule has 0 aromatic heterocycles. The Morgan fingerprint density at radius 2 is 1.04 bits per heavy atom. The molecule has 0 atom stereocenters. The van der Waals surface area contributed by atoms with Gasteiger partial charge in [0.25, 0.3) is 29.5 Å². The maximum Gasteiger partial charge on any atom is 0.285 e. The van der Waals surface area contributed by atoms with E-state index in [1.807, 2.05) is 0 Å². The summed E-state index contributed by atoms with van der Waals surface area (Å²) in [5.74, 6) is 0. The van der Waals surface area contributed by atoms with Crippen molar-refractivity contribution in [3.63, 3.8) is 0 Å². The van der Waals surface area contributed by atoms with Crippen LogP contribution in [0.3, 0.4) is 0 Å². The number of hydrogen-bond acceptors (Lipinski definition) is 10. The van der Waals surface area contributed by atoms with E-state index in [-0.39, 0.29) is 9.79 Å². The molecule has 0 spiro atoms. The quantitative estimate of drug-likeness (QED) is 0.232. The zero-order chi connectivity index (χ0) is 21.3. The van der Waals surface area contributed by atoms with E-state index in [9.17, 15) is 37.1 Å². The van der Waals surface area contributed by atoms with Crippen molar-refractivity contribution >= 4 is 72.4 Å². The second-order valence-electron chi connectivity index (χ2n) is 4.82. The van der Waals surface area contributed by atoms with Crippen LogP contribution in [-0.2, 0) is 18.1 Å². The van der Waals surface area contributed by atoms with Gasteiger partial charge in [-0.15, -0.1) is 0 Å². The molecule has 2 aromatic carbocycles. The molecule has 0 unspecified atom stereocenters. The van der Waals surface area contributed by atoms with Crippen LogP contribution in [0.4, 0.5) is 11.4 Å². The molecule has 150 valence electrons. The highest BCUT2D eigenvalue weighted by atomic mass is 35.7. The Balaban J connectivity index is 2.41. The van der Waals surface area contributed by atoms with E-state index in [0.29, 0.717) is 0 Å². The van der Waals surface area contributed by atoms with Crippen LogP contribution in [-0.4, -0.2) is 26.7 Å². The van der Waals surface area contributed by atoms with Crippen LogP contribution < -0.4 is 0 Å². The maximum absolute atomic E-state index is 11.3.